The first-order valence-electron chi connectivity index (χ1n) is 6.97. The van der Waals surface area contributed by atoms with Gasteiger partial charge in [0.05, 0.1) is 5.60 Å². The molecule has 0 spiro atoms. The van der Waals surface area contributed by atoms with E-state index in [4.69, 9.17) is 9.47 Å². The Labute approximate surface area is 116 Å². The largest absolute Gasteiger partial charge is 0.379 e. The van der Waals surface area contributed by atoms with Crippen LogP contribution in [0.3, 0.4) is 0 Å². The van der Waals surface area contributed by atoms with E-state index in [1.807, 2.05) is 20.8 Å². The van der Waals surface area contributed by atoms with Crippen LogP contribution in [0.4, 0.5) is 0 Å². The molecular formula is C14H28N2O3. The van der Waals surface area contributed by atoms with E-state index in [-0.39, 0.29) is 17.6 Å². The number of carbonyl (C=O) groups excluding carboxylic acids is 1. The first kappa shape index (κ1) is 16.4. The molecule has 0 aliphatic carbocycles. The summed E-state index contributed by atoms with van der Waals surface area (Å²) in [6, 6.07) is 0.0596. The highest BCUT2D eigenvalue weighted by atomic mass is 16.5. The van der Waals surface area contributed by atoms with E-state index in [2.05, 4.69) is 10.6 Å². The second kappa shape index (κ2) is 6.68. The number of hydrogen-bond donors (Lipinski definition) is 2. The third kappa shape index (κ3) is 4.44. The lowest BCUT2D eigenvalue weighted by molar-refractivity contribution is -0.147. The van der Waals surface area contributed by atoms with Crippen molar-refractivity contribution in [3.8, 4) is 0 Å². The van der Waals surface area contributed by atoms with Gasteiger partial charge in [-0.1, -0.05) is 0 Å². The molecular weight excluding hydrogens is 244 g/mol. The van der Waals surface area contributed by atoms with Gasteiger partial charge in [0.2, 0.25) is 0 Å². The Morgan fingerprint density at radius 1 is 1.37 bits per heavy atom. The number of ether oxygens (including phenoxy) is 2. The lowest BCUT2D eigenvalue weighted by atomic mass is 9.90. The Balaban J connectivity index is 2.57. The van der Waals surface area contributed by atoms with Crippen LogP contribution in [0.2, 0.25) is 0 Å². The van der Waals surface area contributed by atoms with Crippen LogP contribution in [-0.2, 0) is 14.3 Å². The van der Waals surface area contributed by atoms with E-state index < -0.39 is 5.60 Å². The molecule has 1 aliphatic rings. The van der Waals surface area contributed by atoms with Gasteiger partial charge in [0.25, 0.3) is 5.91 Å². The molecule has 112 valence electrons. The number of nitrogens with one attached hydrogen (secondary N) is 2. The van der Waals surface area contributed by atoms with E-state index in [0.717, 1.165) is 32.4 Å². The Kier molecular flexibility index (Phi) is 5.77. The smallest absolute Gasteiger partial charge is 0.252 e. The first-order valence-corrected chi connectivity index (χ1v) is 6.97. The maximum Gasteiger partial charge on any atom is 0.252 e. The van der Waals surface area contributed by atoms with Crippen LogP contribution in [0, 0.1) is 0 Å². The van der Waals surface area contributed by atoms with E-state index in [1.165, 1.54) is 0 Å². The van der Waals surface area contributed by atoms with Crippen LogP contribution in [-0.4, -0.2) is 50.5 Å². The summed E-state index contributed by atoms with van der Waals surface area (Å²) in [6.07, 6.45) is 2.21. The van der Waals surface area contributed by atoms with E-state index in [1.54, 1.807) is 14.2 Å². The highest BCUT2D eigenvalue weighted by molar-refractivity contribution is 5.85. The Morgan fingerprint density at radius 2 is 1.95 bits per heavy atom. The summed E-state index contributed by atoms with van der Waals surface area (Å²) < 4.78 is 10.9. The van der Waals surface area contributed by atoms with Crippen molar-refractivity contribution in [1.29, 1.82) is 0 Å². The molecule has 0 bridgehead atoms. The normalized spacial score (nSPS) is 20.9. The standard InChI is InChI=1S/C14H28N2O3/c1-11(10-13(2,3)18-4)16-12(17)14(19-5)6-8-15-9-7-14/h11,15H,6-10H2,1-5H3,(H,16,17). The van der Waals surface area contributed by atoms with Crippen molar-refractivity contribution in [1.82, 2.24) is 10.6 Å². The van der Waals surface area contributed by atoms with Gasteiger partial charge in [-0.2, -0.15) is 0 Å². The molecule has 0 saturated carbocycles. The Bertz CT molecular complexity index is 299. The summed E-state index contributed by atoms with van der Waals surface area (Å²) in [5.74, 6) is -0.00379. The molecule has 5 heteroatoms. The van der Waals surface area contributed by atoms with Crippen LogP contribution in [0.5, 0.6) is 0 Å². The Morgan fingerprint density at radius 3 is 2.42 bits per heavy atom. The predicted molar refractivity (Wildman–Crippen MR) is 75.2 cm³/mol. The van der Waals surface area contributed by atoms with E-state index in [9.17, 15) is 4.79 Å². The van der Waals surface area contributed by atoms with Crippen molar-refractivity contribution < 1.29 is 14.3 Å². The quantitative estimate of drug-likeness (QED) is 0.759. The molecule has 0 radical (unpaired) electrons. The topological polar surface area (TPSA) is 59.6 Å². The summed E-state index contributed by atoms with van der Waals surface area (Å²) in [7, 11) is 3.31. The van der Waals surface area contributed by atoms with Gasteiger partial charge in [-0.15, -0.1) is 0 Å². The van der Waals surface area contributed by atoms with Gasteiger partial charge in [-0.3, -0.25) is 4.79 Å². The zero-order chi connectivity index (χ0) is 14.5. The number of methoxy groups -OCH3 is 2. The minimum Gasteiger partial charge on any atom is -0.379 e. The highest BCUT2D eigenvalue weighted by Gasteiger charge is 2.40. The summed E-state index contributed by atoms with van der Waals surface area (Å²) in [4.78, 5) is 12.4. The zero-order valence-electron chi connectivity index (χ0n) is 12.8. The van der Waals surface area contributed by atoms with Crippen molar-refractivity contribution in [3.05, 3.63) is 0 Å². The summed E-state index contributed by atoms with van der Waals surface area (Å²) in [5, 5.41) is 6.31. The van der Waals surface area contributed by atoms with Gasteiger partial charge in [0.1, 0.15) is 5.60 Å². The first-order chi connectivity index (χ1) is 8.85. The van der Waals surface area contributed by atoms with Crippen molar-refractivity contribution in [2.75, 3.05) is 27.3 Å². The minimum absolute atomic E-state index is 0.00379. The lowest BCUT2D eigenvalue weighted by Crippen LogP contribution is -2.56. The predicted octanol–water partition coefficient (Wildman–Crippen LogP) is 1.07. The van der Waals surface area contributed by atoms with Gasteiger partial charge in [-0.25, -0.2) is 0 Å². The molecule has 1 unspecified atom stereocenters. The molecule has 1 fully saturated rings. The monoisotopic (exact) mass is 272 g/mol. The molecule has 0 aromatic rings. The van der Waals surface area contributed by atoms with Crippen LogP contribution < -0.4 is 10.6 Å². The SMILES string of the molecule is COC(C)(C)CC(C)NC(=O)C1(OC)CCNCC1. The number of piperidine rings is 1. The third-order valence-electron chi connectivity index (χ3n) is 3.94. The Hall–Kier alpha value is -0.650. The number of amides is 1. The van der Waals surface area contributed by atoms with Crippen molar-refractivity contribution in [2.45, 2.75) is 57.3 Å². The van der Waals surface area contributed by atoms with Gasteiger partial charge in [0, 0.05) is 20.3 Å². The third-order valence-corrected chi connectivity index (χ3v) is 3.94. The summed E-state index contributed by atoms with van der Waals surface area (Å²) >= 11 is 0. The maximum absolute atomic E-state index is 12.4. The molecule has 0 aromatic carbocycles. The van der Waals surface area contributed by atoms with Crippen LogP contribution in [0.25, 0.3) is 0 Å². The molecule has 19 heavy (non-hydrogen) atoms. The van der Waals surface area contributed by atoms with Gasteiger partial charge in [-0.05, 0) is 53.1 Å². The number of carbonyl (C=O) groups is 1. The fourth-order valence-electron chi connectivity index (χ4n) is 2.58. The van der Waals surface area contributed by atoms with Crippen LogP contribution >= 0.6 is 0 Å². The fourth-order valence-corrected chi connectivity index (χ4v) is 2.58. The molecule has 1 amide bonds. The number of hydrogen-bond acceptors (Lipinski definition) is 4. The molecule has 1 heterocycles. The van der Waals surface area contributed by atoms with Crippen LogP contribution in [0.1, 0.15) is 40.0 Å². The van der Waals surface area contributed by atoms with Gasteiger partial charge >= 0.3 is 0 Å². The van der Waals surface area contributed by atoms with Gasteiger partial charge in [0.15, 0.2) is 0 Å². The van der Waals surface area contributed by atoms with Crippen molar-refractivity contribution in [2.24, 2.45) is 0 Å². The second-order valence-electron chi connectivity index (χ2n) is 5.99. The summed E-state index contributed by atoms with van der Waals surface area (Å²) in [6.45, 7) is 7.68. The van der Waals surface area contributed by atoms with E-state index >= 15 is 0 Å². The van der Waals surface area contributed by atoms with Crippen molar-refractivity contribution >= 4 is 5.91 Å². The molecule has 1 aliphatic heterocycles. The average molecular weight is 272 g/mol. The maximum atomic E-state index is 12.4. The van der Waals surface area contributed by atoms with Crippen molar-refractivity contribution in [3.63, 3.8) is 0 Å². The average Bonchev–Trinajstić information content (AvgIpc) is 2.38. The summed E-state index contributed by atoms with van der Waals surface area (Å²) in [5.41, 5.74) is -0.905. The number of rotatable bonds is 6. The molecule has 0 aromatic heterocycles. The molecule has 2 N–H and O–H groups in total. The van der Waals surface area contributed by atoms with E-state index in [0.29, 0.717) is 0 Å². The molecule has 1 saturated heterocycles. The molecule has 1 atom stereocenters. The lowest BCUT2D eigenvalue weighted by Gasteiger charge is -2.36. The minimum atomic E-state index is -0.670. The van der Waals surface area contributed by atoms with Crippen LogP contribution in [0.15, 0.2) is 0 Å². The van der Waals surface area contributed by atoms with Gasteiger partial charge < -0.3 is 20.1 Å². The highest BCUT2D eigenvalue weighted by Crippen LogP contribution is 2.23. The second-order valence-corrected chi connectivity index (χ2v) is 5.99. The zero-order valence-corrected chi connectivity index (χ0v) is 12.8. The molecule has 5 nitrogen and oxygen atoms in total. The molecule has 1 rings (SSSR count). The fraction of sp³-hybridized carbons (Fsp3) is 0.929.